The standard InChI is InChI=1S/C19H34ClN5O/c1-3-4-5-18-21-17(19(20)22-18)13-25-11-15(16(12-25)14-26)10-24-8-6-23(2)7-9-24/h15-16,26H,3-14H2,1-2H3,(H,21,22)/t15-,16-/m1/s1. The first-order valence-corrected chi connectivity index (χ1v) is 10.4. The summed E-state index contributed by atoms with van der Waals surface area (Å²) in [5, 5.41) is 10.5. The fraction of sp³-hybridized carbons (Fsp3) is 0.842. The van der Waals surface area contributed by atoms with E-state index in [4.69, 9.17) is 11.6 Å². The van der Waals surface area contributed by atoms with Crippen molar-refractivity contribution in [3.63, 3.8) is 0 Å². The van der Waals surface area contributed by atoms with Crippen LogP contribution in [0.1, 0.15) is 31.3 Å². The summed E-state index contributed by atoms with van der Waals surface area (Å²) in [6.45, 7) is 10.9. The minimum Gasteiger partial charge on any atom is -0.396 e. The maximum atomic E-state index is 9.85. The number of likely N-dealkylation sites (N-methyl/N-ethyl adjacent to an activating group) is 1. The van der Waals surface area contributed by atoms with Crippen LogP contribution in [0.3, 0.4) is 0 Å². The van der Waals surface area contributed by atoms with Crippen molar-refractivity contribution in [1.82, 2.24) is 24.7 Å². The number of aryl methyl sites for hydroxylation is 1. The monoisotopic (exact) mass is 383 g/mol. The Morgan fingerprint density at radius 2 is 1.88 bits per heavy atom. The molecule has 26 heavy (non-hydrogen) atoms. The van der Waals surface area contributed by atoms with E-state index in [2.05, 4.69) is 38.6 Å². The molecule has 0 unspecified atom stereocenters. The Bertz CT molecular complexity index is 558. The summed E-state index contributed by atoms with van der Waals surface area (Å²) in [4.78, 5) is 15.2. The lowest BCUT2D eigenvalue weighted by Crippen LogP contribution is -2.47. The van der Waals surface area contributed by atoms with E-state index in [-0.39, 0.29) is 6.61 Å². The van der Waals surface area contributed by atoms with Crippen molar-refractivity contribution in [3.05, 3.63) is 16.7 Å². The molecule has 2 atom stereocenters. The number of nitrogens with zero attached hydrogens (tertiary/aromatic N) is 4. The molecule has 0 aliphatic carbocycles. The third-order valence-electron chi connectivity index (χ3n) is 5.90. The Morgan fingerprint density at radius 3 is 2.58 bits per heavy atom. The lowest BCUT2D eigenvalue weighted by Gasteiger charge is -2.34. The number of unbranched alkanes of at least 4 members (excludes halogenated alkanes) is 1. The highest BCUT2D eigenvalue weighted by Crippen LogP contribution is 2.27. The van der Waals surface area contributed by atoms with Crippen molar-refractivity contribution in [2.75, 3.05) is 59.5 Å². The number of imidazole rings is 1. The number of aliphatic hydroxyl groups excluding tert-OH is 1. The summed E-state index contributed by atoms with van der Waals surface area (Å²) < 4.78 is 0. The number of aromatic nitrogens is 2. The van der Waals surface area contributed by atoms with Gasteiger partial charge in [0.25, 0.3) is 0 Å². The van der Waals surface area contributed by atoms with Gasteiger partial charge in [-0.25, -0.2) is 4.98 Å². The van der Waals surface area contributed by atoms with Crippen molar-refractivity contribution in [1.29, 1.82) is 0 Å². The van der Waals surface area contributed by atoms with E-state index >= 15 is 0 Å². The van der Waals surface area contributed by atoms with Gasteiger partial charge in [0.15, 0.2) is 5.15 Å². The van der Waals surface area contributed by atoms with Crippen LogP contribution in [0.15, 0.2) is 0 Å². The highest BCUT2D eigenvalue weighted by molar-refractivity contribution is 6.30. The number of hydrogen-bond donors (Lipinski definition) is 2. The molecule has 0 aromatic carbocycles. The van der Waals surface area contributed by atoms with Crippen molar-refractivity contribution < 1.29 is 5.11 Å². The molecule has 3 rings (SSSR count). The average molecular weight is 384 g/mol. The maximum Gasteiger partial charge on any atom is 0.151 e. The number of piperazine rings is 1. The second-order valence-corrected chi connectivity index (χ2v) is 8.42. The molecule has 0 amide bonds. The quantitative estimate of drug-likeness (QED) is 0.715. The summed E-state index contributed by atoms with van der Waals surface area (Å²) in [5.41, 5.74) is 1.02. The van der Waals surface area contributed by atoms with Crippen LogP contribution in [0.5, 0.6) is 0 Å². The predicted octanol–water partition coefficient (Wildman–Crippen LogP) is 1.69. The van der Waals surface area contributed by atoms with E-state index in [1.165, 1.54) is 0 Å². The Morgan fingerprint density at radius 1 is 1.15 bits per heavy atom. The molecule has 0 spiro atoms. The maximum absolute atomic E-state index is 9.85. The third kappa shape index (κ3) is 5.20. The number of rotatable bonds is 8. The molecule has 148 valence electrons. The molecule has 2 N–H and O–H groups in total. The highest BCUT2D eigenvalue weighted by Gasteiger charge is 2.34. The van der Waals surface area contributed by atoms with Crippen LogP contribution in [0.4, 0.5) is 0 Å². The van der Waals surface area contributed by atoms with Crippen molar-refractivity contribution >= 4 is 11.6 Å². The topological polar surface area (TPSA) is 58.6 Å². The Hall–Kier alpha value is -0.660. The molecule has 2 saturated heterocycles. The van der Waals surface area contributed by atoms with Gasteiger partial charge in [0.1, 0.15) is 5.82 Å². The van der Waals surface area contributed by atoms with Crippen molar-refractivity contribution in [2.24, 2.45) is 11.8 Å². The van der Waals surface area contributed by atoms with E-state index in [0.717, 1.165) is 83.1 Å². The zero-order chi connectivity index (χ0) is 18.5. The van der Waals surface area contributed by atoms with Gasteiger partial charge in [-0.15, -0.1) is 0 Å². The van der Waals surface area contributed by atoms with Crippen LogP contribution in [0.2, 0.25) is 5.15 Å². The van der Waals surface area contributed by atoms with E-state index in [1.54, 1.807) is 0 Å². The Labute approximate surface area is 162 Å². The first-order valence-electron chi connectivity index (χ1n) is 10.1. The smallest absolute Gasteiger partial charge is 0.151 e. The summed E-state index contributed by atoms with van der Waals surface area (Å²) in [6.07, 6.45) is 3.25. The van der Waals surface area contributed by atoms with E-state index < -0.39 is 0 Å². The second kappa shape index (κ2) is 9.51. The number of aliphatic hydroxyl groups is 1. The first kappa shape index (κ1) is 20.1. The number of likely N-dealkylation sites (tertiary alicyclic amines) is 1. The normalized spacial score (nSPS) is 26.0. The minimum atomic E-state index is 0.271. The van der Waals surface area contributed by atoms with Crippen LogP contribution in [-0.4, -0.2) is 89.2 Å². The fourth-order valence-electron chi connectivity index (χ4n) is 4.17. The van der Waals surface area contributed by atoms with Gasteiger partial charge in [-0.1, -0.05) is 24.9 Å². The minimum absolute atomic E-state index is 0.271. The zero-order valence-electron chi connectivity index (χ0n) is 16.3. The SMILES string of the molecule is CCCCc1nc(Cl)c(CN2C[C@@H](CN3CCN(C)CC3)[C@@H](CO)C2)[nH]1. The van der Waals surface area contributed by atoms with Gasteiger partial charge in [-0.3, -0.25) is 4.90 Å². The molecule has 2 aliphatic heterocycles. The summed E-state index contributed by atoms with van der Waals surface area (Å²) in [6, 6.07) is 0. The number of halogens is 1. The molecule has 2 fully saturated rings. The largest absolute Gasteiger partial charge is 0.396 e. The number of hydrogen-bond acceptors (Lipinski definition) is 5. The van der Waals surface area contributed by atoms with Crippen LogP contribution in [0, 0.1) is 11.8 Å². The molecular formula is C19H34ClN5O. The van der Waals surface area contributed by atoms with Gasteiger partial charge in [-0.2, -0.15) is 0 Å². The molecule has 1 aromatic heterocycles. The number of H-pyrrole nitrogens is 1. The Kier molecular flexibility index (Phi) is 7.35. The van der Waals surface area contributed by atoms with Gasteiger partial charge in [-0.05, 0) is 25.3 Å². The lowest BCUT2D eigenvalue weighted by atomic mass is 9.96. The number of nitrogens with one attached hydrogen (secondary N) is 1. The van der Waals surface area contributed by atoms with E-state index in [0.29, 0.717) is 17.0 Å². The molecule has 2 aliphatic rings. The summed E-state index contributed by atoms with van der Waals surface area (Å²) >= 11 is 6.35. The van der Waals surface area contributed by atoms with E-state index in [9.17, 15) is 5.11 Å². The lowest BCUT2D eigenvalue weighted by molar-refractivity contribution is 0.116. The van der Waals surface area contributed by atoms with Crippen LogP contribution >= 0.6 is 11.6 Å². The molecule has 0 saturated carbocycles. The van der Waals surface area contributed by atoms with Crippen molar-refractivity contribution in [2.45, 2.75) is 32.7 Å². The molecular weight excluding hydrogens is 350 g/mol. The second-order valence-electron chi connectivity index (χ2n) is 8.06. The predicted molar refractivity (Wildman–Crippen MR) is 105 cm³/mol. The fourth-order valence-corrected chi connectivity index (χ4v) is 4.38. The molecule has 0 bridgehead atoms. The molecule has 6 nitrogen and oxygen atoms in total. The summed E-state index contributed by atoms with van der Waals surface area (Å²) in [5.74, 6) is 1.89. The van der Waals surface area contributed by atoms with Crippen LogP contribution in [0.25, 0.3) is 0 Å². The van der Waals surface area contributed by atoms with Crippen LogP contribution in [-0.2, 0) is 13.0 Å². The van der Waals surface area contributed by atoms with Gasteiger partial charge < -0.3 is 19.9 Å². The van der Waals surface area contributed by atoms with Gasteiger partial charge in [0.2, 0.25) is 0 Å². The average Bonchev–Trinajstić information content (AvgIpc) is 3.18. The highest BCUT2D eigenvalue weighted by atomic mass is 35.5. The first-order chi connectivity index (χ1) is 12.6. The van der Waals surface area contributed by atoms with Gasteiger partial charge in [0.05, 0.1) is 5.69 Å². The van der Waals surface area contributed by atoms with Gasteiger partial charge in [0, 0.05) is 65.4 Å². The summed E-state index contributed by atoms with van der Waals surface area (Å²) in [7, 11) is 2.19. The van der Waals surface area contributed by atoms with Crippen molar-refractivity contribution in [3.8, 4) is 0 Å². The Balaban J connectivity index is 1.54. The zero-order valence-corrected chi connectivity index (χ0v) is 17.0. The van der Waals surface area contributed by atoms with Gasteiger partial charge >= 0.3 is 0 Å². The number of aromatic amines is 1. The molecule has 1 aromatic rings. The van der Waals surface area contributed by atoms with Crippen LogP contribution < -0.4 is 0 Å². The molecule has 3 heterocycles. The molecule has 7 heteroatoms. The molecule has 0 radical (unpaired) electrons. The third-order valence-corrected chi connectivity index (χ3v) is 6.21. The van der Waals surface area contributed by atoms with E-state index in [1.807, 2.05) is 0 Å².